The van der Waals surface area contributed by atoms with E-state index in [1.807, 2.05) is 0 Å². The summed E-state index contributed by atoms with van der Waals surface area (Å²) < 4.78 is 24.5. The number of carbonyl (C=O) groups is 1. The minimum Gasteiger partial charge on any atom is -0.442 e. The lowest BCUT2D eigenvalue weighted by atomic mass is 10.1. The summed E-state index contributed by atoms with van der Waals surface area (Å²) in [5, 5.41) is 6.72. The van der Waals surface area contributed by atoms with Gasteiger partial charge in [-0.2, -0.15) is 0 Å². The van der Waals surface area contributed by atoms with Crippen LogP contribution in [0.3, 0.4) is 0 Å². The minimum absolute atomic E-state index is 0.0202. The van der Waals surface area contributed by atoms with E-state index >= 15 is 0 Å². The molecule has 4 aromatic rings. The molecule has 8 nitrogen and oxygen atoms in total. The largest absolute Gasteiger partial charge is 0.442 e. The van der Waals surface area contributed by atoms with Gasteiger partial charge >= 0.3 is 0 Å². The van der Waals surface area contributed by atoms with Gasteiger partial charge < -0.3 is 19.5 Å². The number of nitrogens with one attached hydrogen (secondary N) is 2. The van der Waals surface area contributed by atoms with E-state index in [9.17, 15) is 9.18 Å². The van der Waals surface area contributed by atoms with E-state index in [1.165, 1.54) is 24.5 Å². The Balaban J connectivity index is 1.43. The summed E-state index contributed by atoms with van der Waals surface area (Å²) >= 11 is 0. The third-order valence-corrected chi connectivity index (χ3v) is 5.11. The highest BCUT2D eigenvalue weighted by Crippen LogP contribution is 2.40. The van der Waals surface area contributed by atoms with Gasteiger partial charge in [-0.15, -0.1) is 0 Å². The van der Waals surface area contributed by atoms with Gasteiger partial charge in [0.25, 0.3) is 5.91 Å². The average Bonchev–Trinajstić information content (AvgIpc) is 3.11. The molecule has 0 unspecified atom stereocenters. The van der Waals surface area contributed by atoms with Gasteiger partial charge in [0.2, 0.25) is 11.6 Å². The van der Waals surface area contributed by atoms with Crippen LogP contribution in [0.1, 0.15) is 41.8 Å². The zero-order chi connectivity index (χ0) is 20.2. The van der Waals surface area contributed by atoms with Crippen LogP contribution in [0.2, 0.25) is 0 Å². The number of benzene rings is 1. The number of hydrogen-bond donors (Lipinski definition) is 2. The predicted molar refractivity (Wildman–Crippen MR) is 103 cm³/mol. The molecule has 3 aromatic heterocycles. The summed E-state index contributed by atoms with van der Waals surface area (Å²) in [5.41, 5.74) is 1.56. The minimum atomic E-state index is -0.397. The van der Waals surface area contributed by atoms with Crippen LogP contribution < -0.4 is 10.6 Å². The maximum atomic E-state index is 13.3. The van der Waals surface area contributed by atoms with Crippen molar-refractivity contribution in [1.29, 1.82) is 0 Å². The summed E-state index contributed by atoms with van der Waals surface area (Å²) in [4.78, 5) is 25.6. The van der Waals surface area contributed by atoms with Gasteiger partial charge in [-0.3, -0.25) is 4.79 Å². The van der Waals surface area contributed by atoms with Crippen molar-refractivity contribution < 1.29 is 18.0 Å². The standard InChI is InChI=1S/C20H18FN5O3/c1-10-15(16-17(26-20(2)5-6-20)23-9-24-19(16)28-10)18(27)22-8-14-25-12-7-11(21)3-4-13(12)29-14/h3-4,7,9H,5-6,8H2,1-2H3,(H,22,27)(H,23,24,26). The molecule has 1 aromatic carbocycles. The lowest BCUT2D eigenvalue weighted by Gasteiger charge is -2.13. The number of nitrogens with zero attached hydrogens (tertiary/aromatic N) is 3. The van der Waals surface area contributed by atoms with Crippen LogP contribution >= 0.6 is 0 Å². The van der Waals surface area contributed by atoms with Gasteiger partial charge in [-0.25, -0.2) is 19.3 Å². The highest BCUT2D eigenvalue weighted by atomic mass is 19.1. The molecule has 0 bridgehead atoms. The molecule has 1 amide bonds. The van der Waals surface area contributed by atoms with Gasteiger partial charge in [-0.1, -0.05) is 0 Å². The van der Waals surface area contributed by atoms with Crippen molar-refractivity contribution in [1.82, 2.24) is 20.3 Å². The van der Waals surface area contributed by atoms with E-state index in [0.717, 1.165) is 12.8 Å². The summed E-state index contributed by atoms with van der Waals surface area (Å²) in [6.45, 7) is 3.86. The van der Waals surface area contributed by atoms with Gasteiger partial charge in [0, 0.05) is 11.6 Å². The predicted octanol–water partition coefficient (Wildman–Crippen LogP) is 3.71. The molecular weight excluding hydrogens is 377 g/mol. The third kappa shape index (κ3) is 3.18. The van der Waals surface area contributed by atoms with Gasteiger partial charge in [-0.05, 0) is 38.8 Å². The number of aryl methyl sites for hydroxylation is 1. The Kier molecular flexibility index (Phi) is 3.80. The normalized spacial score (nSPS) is 15.0. The molecule has 1 aliphatic rings. The molecular formula is C20H18FN5O3. The Morgan fingerprint density at radius 3 is 2.90 bits per heavy atom. The van der Waals surface area contributed by atoms with E-state index in [4.69, 9.17) is 8.83 Å². The molecule has 9 heteroatoms. The van der Waals surface area contributed by atoms with Crippen molar-refractivity contribution in [3.05, 3.63) is 47.6 Å². The molecule has 0 spiro atoms. The summed E-state index contributed by atoms with van der Waals surface area (Å²) in [5.74, 6) is 0.556. The summed E-state index contributed by atoms with van der Waals surface area (Å²) in [6.07, 6.45) is 3.49. The first-order chi connectivity index (χ1) is 13.9. The first-order valence-electron chi connectivity index (χ1n) is 9.27. The number of carbonyl (C=O) groups excluding carboxylic acids is 1. The second kappa shape index (κ2) is 6.26. The number of rotatable bonds is 5. The smallest absolute Gasteiger partial charge is 0.256 e. The Morgan fingerprint density at radius 2 is 2.10 bits per heavy atom. The number of oxazole rings is 1. The van der Waals surface area contributed by atoms with Crippen LogP contribution in [-0.4, -0.2) is 26.4 Å². The van der Waals surface area contributed by atoms with Crippen LogP contribution in [0.15, 0.2) is 33.4 Å². The van der Waals surface area contributed by atoms with Crippen LogP contribution in [-0.2, 0) is 6.54 Å². The van der Waals surface area contributed by atoms with Crippen molar-refractivity contribution in [3.8, 4) is 0 Å². The quantitative estimate of drug-likeness (QED) is 0.531. The number of anilines is 1. The van der Waals surface area contributed by atoms with Crippen molar-refractivity contribution in [2.24, 2.45) is 0 Å². The number of halogens is 1. The Labute approximate surface area is 164 Å². The van der Waals surface area contributed by atoms with Gasteiger partial charge in [0.15, 0.2) is 5.58 Å². The van der Waals surface area contributed by atoms with Gasteiger partial charge in [0.1, 0.15) is 29.2 Å². The zero-order valence-electron chi connectivity index (χ0n) is 15.9. The van der Waals surface area contributed by atoms with Crippen molar-refractivity contribution in [2.75, 3.05) is 5.32 Å². The first-order valence-corrected chi connectivity index (χ1v) is 9.27. The van der Waals surface area contributed by atoms with E-state index < -0.39 is 5.82 Å². The maximum Gasteiger partial charge on any atom is 0.256 e. The second-order valence-corrected chi connectivity index (χ2v) is 7.52. The Hall–Kier alpha value is -3.49. The van der Waals surface area contributed by atoms with Crippen molar-refractivity contribution in [3.63, 3.8) is 0 Å². The molecule has 1 aliphatic carbocycles. The SMILES string of the molecule is Cc1oc2ncnc(NC3(C)CC3)c2c1C(=O)NCc1nc2cc(F)ccc2o1. The van der Waals surface area contributed by atoms with Gasteiger partial charge in [0.05, 0.1) is 17.5 Å². The Morgan fingerprint density at radius 1 is 1.28 bits per heavy atom. The van der Waals surface area contributed by atoms with E-state index in [-0.39, 0.29) is 23.9 Å². The number of fused-ring (bicyclic) bond motifs is 2. The fourth-order valence-corrected chi connectivity index (χ4v) is 3.28. The molecule has 5 rings (SSSR count). The molecule has 0 atom stereocenters. The molecule has 0 radical (unpaired) electrons. The highest BCUT2D eigenvalue weighted by molar-refractivity contribution is 6.10. The molecule has 1 fully saturated rings. The third-order valence-electron chi connectivity index (χ3n) is 5.11. The first kappa shape index (κ1) is 17.6. The van der Waals surface area contributed by atoms with E-state index in [0.29, 0.717) is 39.3 Å². The average molecular weight is 395 g/mol. The monoisotopic (exact) mass is 395 g/mol. The maximum absolute atomic E-state index is 13.3. The zero-order valence-corrected chi connectivity index (χ0v) is 15.9. The van der Waals surface area contributed by atoms with Crippen molar-refractivity contribution in [2.45, 2.75) is 38.8 Å². The highest BCUT2D eigenvalue weighted by Gasteiger charge is 2.38. The summed E-state index contributed by atoms with van der Waals surface area (Å²) in [6, 6.07) is 4.09. The summed E-state index contributed by atoms with van der Waals surface area (Å²) in [7, 11) is 0. The van der Waals surface area contributed by atoms with Crippen LogP contribution in [0, 0.1) is 12.7 Å². The molecule has 29 heavy (non-hydrogen) atoms. The van der Waals surface area contributed by atoms with Crippen molar-refractivity contribution >= 4 is 33.9 Å². The second-order valence-electron chi connectivity index (χ2n) is 7.52. The van der Waals surface area contributed by atoms with Crippen LogP contribution in [0.5, 0.6) is 0 Å². The molecule has 2 N–H and O–H groups in total. The fourth-order valence-electron chi connectivity index (χ4n) is 3.28. The number of furan rings is 1. The van der Waals surface area contributed by atoms with Crippen LogP contribution in [0.25, 0.3) is 22.2 Å². The molecule has 1 saturated carbocycles. The van der Waals surface area contributed by atoms with Crippen LogP contribution in [0.4, 0.5) is 10.2 Å². The topological polar surface area (TPSA) is 106 Å². The molecule has 0 saturated heterocycles. The Bertz CT molecular complexity index is 1260. The lowest BCUT2D eigenvalue weighted by molar-refractivity contribution is 0.0947. The number of aromatic nitrogens is 3. The molecule has 0 aliphatic heterocycles. The molecule has 3 heterocycles. The molecule has 148 valence electrons. The van der Waals surface area contributed by atoms with E-state index in [1.54, 1.807) is 6.92 Å². The van der Waals surface area contributed by atoms with E-state index in [2.05, 4.69) is 32.5 Å². The lowest BCUT2D eigenvalue weighted by Crippen LogP contribution is -2.24. The number of amides is 1. The fraction of sp³-hybridized carbons (Fsp3) is 0.300. The number of hydrogen-bond acceptors (Lipinski definition) is 7.